The maximum Gasteiger partial charge on any atom is 0.172 e. The smallest absolute Gasteiger partial charge is 0.172 e. The molecule has 2 heterocycles. The number of rotatable bonds is 6. The fourth-order valence-corrected chi connectivity index (χ4v) is 2.96. The topological polar surface area (TPSA) is 57.0 Å². The maximum absolute atomic E-state index is 11.3. The second kappa shape index (κ2) is 6.53. The third-order valence-electron chi connectivity index (χ3n) is 3.22. The summed E-state index contributed by atoms with van der Waals surface area (Å²) in [6.07, 6.45) is 1.36. The van der Waals surface area contributed by atoms with Crippen LogP contribution in [-0.4, -0.2) is 27.9 Å². The highest BCUT2D eigenvalue weighted by Gasteiger charge is 2.17. The number of carbonyl (C=O) groups is 1. The Balaban J connectivity index is 2.08. The molecule has 3 aromatic rings. The highest BCUT2D eigenvalue weighted by atomic mass is 32.1. The van der Waals surface area contributed by atoms with Crippen LogP contribution < -0.4 is 4.74 Å². The molecule has 0 unspecified atom stereocenters. The molecule has 0 radical (unpaired) electrons. The predicted octanol–water partition coefficient (Wildman–Crippen LogP) is 3.13. The molecule has 0 spiro atoms. The van der Waals surface area contributed by atoms with Crippen LogP contribution in [0.25, 0.3) is 5.69 Å². The summed E-state index contributed by atoms with van der Waals surface area (Å²) in [4.78, 5) is 12.4. The van der Waals surface area contributed by atoms with E-state index in [1.165, 1.54) is 0 Å². The number of benzene rings is 1. The minimum Gasteiger partial charge on any atom is -0.492 e. The molecule has 0 N–H and O–H groups in total. The first-order valence-electron chi connectivity index (χ1n) is 6.97. The Morgan fingerprint density at radius 2 is 2.14 bits per heavy atom. The van der Waals surface area contributed by atoms with E-state index in [1.54, 1.807) is 16.0 Å². The van der Waals surface area contributed by atoms with Gasteiger partial charge in [0.25, 0.3) is 0 Å². The van der Waals surface area contributed by atoms with Gasteiger partial charge in [-0.3, -0.25) is 4.79 Å². The van der Waals surface area contributed by atoms with E-state index in [1.807, 2.05) is 48.7 Å². The van der Waals surface area contributed by atoms with Gasteiger partial charge in [0.1, 0.15) is 17.1 Å². The highest BCUT2D eigenvalue weighted by molar-refractivity contribution is 7.09. The zero-order chi connectivity index (χ0) is 15.4. The van der Waals surface area contributed by atoms with Gasteiger partial charge >= 0.3 is 0 Å². The molecule has 0 saturated carbocycles. The van der Waals surface area contributed by atoms with E-state index in [0.29, 0.717) is 18.7 Å². The molecule has 112 valence electrons. The largest absolute Gasteiger partial charge is 0.492 e. The summed E-state index contributed by atoms with van der Waals surface area (Å²) in [5, 5.41) is 10.1. The van der Waals surface area contributed by atoms with Crippen LogP contribution in [0.2, 0.25) is 0 Å². The van der Waals surface area contributed by atoms with Gasteiger partial charge in [0.05, 0.1) is 12.3 Å². The lowest BCUT2D eigenvalue weighted by Crippen LogP contribution is -2.06. The Labute approximate surface area is 132 Å². The van der Waals surface area contributed by atoms with Crippen molar-refractivity contribution in [3.8, 4) is 11.4 Å². The second-order valence-electron chi connectivity index (χ2n) is 4.61. The van der Waals surface area contributed by atoms with Crippen LogP contribution in [0.5, 0.6) is 5.75 Å². The first-order valence-corrected chi connectivity index (χ1v) is 7.85. The number of ether oxygens (including phenoxy) is 1. The van der Waals surface area contributed by atoms with Crippen molar-refractivity contribution in [3.63, 3.8) is 0 Å². The van der Waals surface area contributed by atoms with Crippen molar-refractivity contribution < 1.29 is 9.53 Å². The molecule has 0 saturated heterocycles. The van der Waals surface area contributed by atoms with Gasteiger partial charge < -0.3 is 4.74 Å². The zero-order valence-corrected chi connectivity index (χ0v) is 12.9. The van der Waals surface area contributed by atoms with Gasteiger partial charge in [0.15, 0.2) is 6.29 Å². The Bertz CT molecular complexity index is 766. The minimum absolute atomic E-state index is 0.361. The molecule has 5 nitrogen and oxygen atoms in total. The van der Waals surface area contributed by atoms with Crippen molar-refractivity contribution >= 4 is 17.6 Å². The van der Waals surface area contributed by atoms with Crippen LogP contribution in [0.1, 0.15) is 28.0 Å². The van der Waals surface area contributed by atoms with Crippen LogP contribution in [0.3, 0.4) is 0 Å². The molecule has 1 aromatic carbocycles. The number of aldehydes is 1. The Morgan fingerprint density at radius 1 is 1.27 bits per heavy atom. The first kappa shape index (κ1) is 14.5. The van der Waals surface area contributed by atoms with Gasteiger partial charge in [-0.2, -0.15) is 0 Å². The van der Waals surface area contributed by atoms with E-state index in [0.717, 1.165) is 28.3 Å². The molecular formula is C16H15N3O2S. The van der Waals surface area contributed by atoms with Crippen molar-refractivity contribution in [2.75, 3.05) is 6.61 Å². The van der Waals surface area contributed by atoms with E-state index in [2.05, 4.69) is 10.3 Å². The quantitative estimate of drug-likeness (QED) is 0.656. The monoisotopic (exact) mass is 313 g/mol. The van der Waals surface area contributed by atoms with E-state index in [-0.39, 0.29) is 0 Å². The third kappa shape index (κ3) is 2.78. The molecule has 0 aliphatic carbocycles. The van der Waals surface area contributed by atoms with Gasteiger partial charge in [-0.05, 0) is 30.5 Å². The average Bonchev–Trinajstić information content (AvgIpc) is 3.18. The van der Waals surface area contributed by atoms with Crippen LogP contribution in [0, 0.1) is 0 Å². The molecule has 0 bridgehead atoms. The summed E-state index contributed by atoms with van der Waals surface area (Å²) in [5.41, 5.74) is 1.92. The molecule has 2 aromatic heterocycles. The summed E-state index contributed by atoms with van der Waals surface area (Å²) in [5.74, 6) is 0.722. The van der Waals surface area contributed by atoms with Gasteiger partial charge in [0.2, 0.25) is 0 Å². The number of carbonyl (C=O) groups excluding carboxylic acids is 1. The normalized spacial score (nSPS) is 10.6. The molecule has 0 fully saturated rings. The molecular weight excluding hydrogens is 298 g/mol. The minimum atomic E-state index is 0.361. The number of thiophene rings is 1. The highest BCUT2D eigenvalue weighted by Crippen LogP contribution is 2.25. The van der Waals surface area contributed by atoms with Gasteiger partial charge in [-0.15, -0.1) is 16.4 Å². The standard InChI is InChI=1S/C16H15N3O2S/c1-2-21-16-8-4-3-7-14(16)19-15(13(11-20)17-18-19)10-12-6-5-9-22-12/h3-9,11H,2,10H2,1H3. The molecule has 0 amide bonds. The lowest BCUT2D eigenvalue weighted by molar-refractivity contribution is 0.111. The second-order valence-corrected chi connectivity index (χ2v) is 5.64. The van der Waals surface area contributed by atoms with Gasteiger partial charge in [0, 0.05) is 11.3 Å². The SMILES string of the molecule is CCOc1ccccc1-n1nnc(C=O)c1Cc1cccs1. The van der Waals surface area contributed by atoms with E-state index < -0.39 is 0 Å². The summed E-state index contributed by atoms with van der Waals surface area (Å²) in [6, 6.07) is 11.6. The van der Waals surface area contributed by atoms with E-state index >= 15 is 0 Å². The van der Waals surface area contributed by atoms with E-state index in [4.69, 9.17) is 4.74 Å². The van der Waals surface area contributed by atoms with Crippen molar-refractivity contribution in [3.05, 3.63) is 58.0 Å². The van der Waals surface area contributed by atoms with Crippen molar-refractivity contribution in [2.24, 2.45) is 0 Å². The van der Waals surface area contributed by atoms with Crippen LogP contribution >= 0.6 is 11.3 Å². The summed E-state index contributed by atoms with van der Waals surface area (Å²) >= 11 is 1.64. The molecule has 0 aliphatic heterocycles. The maximum atomic E-state index is 11.3. The lowest BCUT2D eigenvalue weighted by Gasteiger charge is -2.11. The van der Waals surface area contributed by atoms with Crippen LogP contribution in [0.15, 0.2) is 41.8 Å². The third-order valence-corrected chi connectivity index (χ3v) is 4.10. The zero-order valence-electron chi connectivity index (χ0n) is 12.1. The number of para-hydroxylation sites is 2. The molecule has 0 atom stereocenters. The summed E-state index contributed by atoms with van der Waals surface area (Å²) in [6.45, 7) is 2.49. The summed E-state index contributed by atoms with van der Waals surface area (Å²) in [7, 11) is 0. The predicted molar refractivity (Wildman–Crippen MR) is 85.0 cm³/mol. The first-order chi connectivity index (χ1) is 10.8. The lowest BCUT2D eigenvalue weighted by atomic mass is 10.2. The van der Waals surface area contributed by atoms with Crippen molar-refractivity contribution in [1.82, 2.24) is 15.0 Å². The number of hydrogen-bond donors (Lipinski definition) is 0. The fourth-order valence-electron chi connectivity index (χ4n) is 2.25. The van der Waals surface area contributed by atoms with Gasteiger partial charge in [-0.25, -0.2) is 4.68 Å². The Hall–Kier alpha value is -2.47. The van der Waals surface area contributed by atoms with Gasteiger partial charge in [-0.1, -0.05) is 23.4 Å². The Morgan fingerprint density at radius 3 is 2.86 bits per heavy atom. The fraction of sp³-hybridized carbons (Fsp3) is 0.188. The summed E-state index contributed by atoms with van der Waals surface area (Å²) < 4.78 is 7.34. The number of aromatic nitrogens is 3. The van der Waals surface area contributed by atoms with Crippen molar-refractivity contribution in [1.29, 1.82) is 0 Å². The number of nitrogens with zero attached hydrogens (tertiary/aromatic N) is 3. The molecule has 6 heteroatoms. The average molecular weight is 313 g/mol. The van der Waals surface area contributed by atoms with Crippen LogP contribution in [-0.2, 0) is 6.42 Å². The van der Waals surface area contributed by atoms with Crippen LogP contribution in [0.4, 0.5) is 0 Å². The van der Waals surface area contributed by atoms with E-state index in [9.17, 15) is 4.79 Å². The Kier molecular flexibility index (Phi) is 4.29. The molecule has 3 rings (SSSR count). The van der Waals surface area contributed by atoms with Crippen molar-refractivity contribution in [2.45, 2.75) is 13.3 Å². The number of hydrogen-bond acceptors (Lipinski definition) is 5. The molecule has 22 heavy (non-hydrogen) atoms. The molecule has 0 aliphatic rings.